The molecule has 4 heteroatoms. The van der Waals surface area contributed by atoms with E-state index in [4.69, 9.17) is 9.47 Å². The third kappa shape index (κ3) is 4.62. The zero-order valence-corrected chi connectivity index (χ0v) is 14.0. The maximum Gasteiger partial charge on any atom is 0.166 e. The van der Waals surface area contributed by atoms with Crippen molar-refractivity contribution in [1.82, 2.24) is 5.32 Å². The van der Waals surface area contributed by atoms with Crippen molar-refractivity contribution >= 4 is 0 Å². The number of aliphatic hydroxyl groups is 1. The van der Waals surface area contributed by atoms with Crippen molar-refractivity contribution < 1.29 is 14.6 Å². The van der Waals surface area contributed by atoms with Gasteiger partial charge in [0.2, 0.25) is 0 Å². The van der Waals surface area contributed by atoms with Gasteiger partial charge in [0, 0.05) is 18.7 Å². The van der Waals surface area contributed by atoms with Crippen molar-refractivity contribution in [3.05, 3.63) is 23.8 Å². The van der Waals surface area contributed by atoms with Crippen LogP contribution < -0.4 is 14.8 Å². The van der Waals surface area contributed by atoms with Crippen LogP contribution in [0.25, 0.3) is 0 Å². The molecule has 1 fully saturated rings. The molecule has 0 amide bonds. The van der Waals surface area contributed by atoms with Crippen molar-refractivity contribution in [1.29, 1.82) is 0 Å². The van der Waals surface area contributed by atoms with Gasteiger partial charge < -0.3 is 19.9 Å². The summed E-state index contributed by atoms with van der Waals surface area (Å²) in [5.41, 5.74) is 1.06. The number of nitrogens with one attached hydrogen (secondary N) is 1. The first-order chi connectivity index (χ1) is 10.6. The SMILES string of the molecule is COc1cccc(CNCC(O)C2CCCC2)c1OC(C)C. The van der Waals surface area contributed by atoms with Crippen LogP contribution >= 0.6 is 0 Å². The molecule has 1 aromatic rings. The van der Waals surface area contributed by atoms with Gasteiger partial charge in [-0.15, -0.1) is 0 Å². The van der Waals surface area contributed by atoms with E-state index in [1.165, 1.54) is 12.8 Å². The lowest BCUT2D eigenvalue weighted by atomic mass is 10.0. The van der Waals surface area contributed by atoms with Gasteiger partial charge in [-0.3, -0.25) is 0 Å². The molecule has 0 heterocycles. The first-order valence-corrected chi connectivity index (χ1v) is 8.33. The lowest BCUT2D eigenvalue weighted by molar-refractivity contribution is 0.109. The third-order valence-corrected chi connectivity index (χ3v) is 4.25. The Bertz CT molecular complexity index is 456. The van der Waals surface area contributed by atoms with E-state index in [0.717, 1.165) is 29.9 Å². The highest BCUT2D eigenvalue weighted by Gasteiger charge is 2.22. The van der Waals surface area contributed by atoms with E-state index >= 15 is 0 Å². The van der Waals surface area contributed by atoms with Gasteiger partial charge in [0.1, 0.15) is 0 Å². The molecular formula is C18H29NO3. The van der Waals surface area contributed by atoms with E-state index in [9.17, 15) is 5.11 Å². The topological polar surface area (TPSA) is 50.7 Å². The second kappa shape index (κ2) is 8.39. The minimum absolute atomic E-state index is 0.0964. The zero-order valence-electron chi connectivity index (χ0n) is 14.0. The Hall–Kier alpha value is -1.26. The Morgan fingerprint density at radius 2 is 2.00 bits per heavy atom. The Balaban J connectivity index is 1.93. The standard InChI is InChI=1S/C18H29NO3/c1-13(2)22-18-15(9-6-10-17(18)21-3)11-19-12-16(20)14-7-4-5-8-14/h6,9-10,13-14,16,19-20H,4-5,7-8,11-12H2,1-3H3. The fourth-order valence-electron chi connectivity index (χ4n) is 3.09. The quantitative estimate of drug-likeness (QED) is 0.775. The number of ether oxygens (including phenoxy) is 2. The van der Waals surface area contributed by atoms with Gasteiger partial charge in [-0.1, -0.05) is 25.0 Å². The Morgan fingerprint density at radius 1 is 1.27 bits per heavy atom. The van der Waals surface area contributed by atoms with E-state index in [-0.39, 0.29) is 12.2 Å². The Labute approximate surface area is 133 Å². The molecule has 2 N–H and O–H groups in total. The summed E-state index contributed by atoms with van der Waals surface area (Å²) < 4.78 is 11.3. The highest BCUT2D eigenvalue weighted by atomic mass is 16.5. The van der Waals surface area contributed by atoms with Gasteiger partial charge >= 0.3 is 0 Å². The van der Waals surface area contributed by atoms with E-state index in [1.807, 2.05) is 32.0 Å². The van der Waals surface area contributed by atoms with Gasteiger partial charge in [0.05, 0.1) is 19.3 Å². The van der Waals surface area contributed by atoms with E-state index in [1.54, 1.807) is 7.11 Å². The molecule has 0 saturated heterocycles. The number of benzene rings is 1. The maximum absolute atomic E-state index is 10.2. The lowest BCUT2D eigenvalue weighted by Crippen LogP contribution is -2.31. The number of rotatable bonds is 8. The smallest absolute Gasteiger partial charge is 0.166 e. The monoisotopic (exact) mass is 307 g/mol. The molecule has 22 heavy (non-hydrogen) atoms. The van der Waals surface area contributed by atoms with Crippen LogP contribution in [-0.4, -0.2) is 31.0 Å². The van der Waals surface area contributed by atoms with Crippen LogP contribution in [0.3, 0.4) is 0 Å². The summed E-state index contributed by atoms with van der Waals surface area (Å²) >= 11 is 0. The molecular weight excluding hydrogens is 278 g/mol. The number of para-hydroxylation sites is 1. The molecule has 1 aromatic carbocycles. The fraction of sp³-hybridized carbons (Fsp3) is 0.667. The minimum Gasteiger partial charge on any atom is -0.493 e. The van der Waals surface area contributed by atoms with Crippen LogP contribution in [0, 0.1) is 5.92 Å². The van der Waals surface area contributed by atoms with E-state index in [0.29, 0.717) is 19.0 Å². The molecule has 0 bridgehead atoms. The summed E-state index contributed by atoms with van der Waals surface area (Å²) in [5, 5.41) is 13.6. The van der Waals surface area contributed by atoms with Gasteiger partial charge in [-0.05, 0) is 38.7 Å². The first kappa shape index (κ1) is 17.1. The minimum atomic E-state index is -0.248. The van der Waals surface area contributed by atoms with Crippen LogP contribution in [0.5, 0.6) is 11.5 Å². The first-order valence-electron chi connectivity index (χ1n) is 8.33. The third-order valence-electron chi connectivity index (χ3n) is 4.25. The number of methoxy groups -OCH3 is 1. The van der Waals surface area contributed by atoms with Crippen LogP contribution in [-0.2, 0) is 6.54 Å². The second-order valence-corrected chi connectivity index (χ2v) is 6.36. The highest BCUT2D eigenvalue weighted by Crippen LogP contribution is 2.32. The van der Waals surface area contributed by atoms with E-state index < -0.39 is 0 Å². The summed E-state index contributed by atoms with van der Waals surface area (Å²) in [6.45, 7) is 5.31. The summed E-state index contributed by atoms with van der Waals surface area (Å²) in [5.74, 6) is 2.01. The molecule has 1 unspecified atom stereocenters. The molecule has 124 valence electrons. The maximum atomic E-state index is 10.2. The summed E-state index contributed by atoms with van der Waals surface area (Å²) in [6.07, 6.45) is 4.67. The largest absolute Gasteiger partial charge is 0.493 e. The number of hydrogen-bond acceptors (Lipinski definition) is 4. The second-order valence-electron chi connectivity index (χ2n) is 6.36. The lowest BCUT2D eigenvalue weighted by Gasteiger charge is -2.20. The van der Waals surface area contributed by atoms with Crippen LogP contribution in [0.1, 0.15) is 45.1 Å². The molecule has 2 rings (SSSR count). The van der Waals surface area contributed by atoms with Crippen molar-refractivity contribution in [2.24, 2.45) is 5.92 Å². The molecule has 4 nitrogen and oxygen atoms in total. The zero-order chi connectivity index (χ0) is 15.9. The van der Waals surface area contributed by atoms with Crippen molar-refractivity contribution in [2.75, 3.05) is 13.7 Å². The number of hydrogen-bond donors (Lipinski definition) is 2. The van der Waals surface area contributed by atoms with Gasteiger partial charge in [0.15, 0.2) is 11.5 Å². The Kier molecular flexibility index (Phi) is 6.52. The van der Waals surface area contributed by atoms with Crippen LogP contribution in [0.4, 0.5) is 0 Å². The van der Waals surface area contributed by atoms with Crippen LogP contribution in [0.2, 0.25) is 0 Å². The van der Waals surface area contributed by atoms with E-state index in [2.05, 4.69) is 5.32 Å². The predicted molar refractivity (Wildman–Crippen MR) is 88.4 cm³/mol. The Morgan fingerprint density at radius 3 is 2.64 bits per heavy atom. The molecule has 1 saturated carbocycles. The molecule has 0 radical (unpaired) electrons. The van der Waals surface area contributed by atoms with Gasteiger partial charge in [0.25, 0.3) is 0 Å². The normalized spacial score (nSPS) is 17.0. The van der Waals surface area contributed by atoms with Gasteiger partial charge in [-0.25, -0.2) is 0 Å². The molecule has 0 aliphatic heterocycles. The number of aliphatic hydroxyl groups excluding tert-OH is 1. The van der Waals surface area contributed by atoms with Crippen molar-refractivity contribution in [3.8, 4) is 11.5 Å². The molecule has 0 aromatic heterocycles. The molecule has 1 aliphatic carbocycles. The predicted octanol–water partition coefficient (Wildman–Crippen LogP) is 3.12. The summed E-state index contributed by atoms with van der Waals surface area (Å²) in [4.78, 5) is 0. The fourth-order valence-corrected chi connectivity index (χ4v) is 3.09. The van der Waals surface area contributed by atoms with Crippen molar-refractivity contribution in [3.63, 3.8) is 0 Å². The molecule has 1 aliphatic rings. The van der Waals surface area contributed by atoms with Crippen molar-refractivity contribution in [2.45, 2.75) is 58.3 Å². The summed E-state index contributed by atoms with van der Waals surface area (Å²) in [6, 6.07) is 5.92. The van der Waals surface area contributed by atoms with Gasteiger partial charge in [-0.2, -0.15) is 0 Å². The highest BCUT2D eigenvalue weighted by molar-refractivity contribution is 5.46. The molecule has 0 spiro atoms. The van der Waals surface area contributed by atoms with Crippen LogP contribution in [0.15, 0.2) is 18.2 Å². The average molecular weight is 307 g/mol. The summed E-state index contributed by atoms with van der Waals surface area (Å²) in [7, 11) is 1.66. The molecule has 1 atom stereocenters. The average Bonchev–Trinajstić information content (AvgIpc) is 3.02.